The number of carbonyl (C=O) groups excluding carboxylic acids is 1. The molecule has 0 aromatic heterocycles. The number of rotatable bonds is 6. The molecule has 1 N–H and O–H groups in total. The second-order valence-electron chi connectivity index (χ2n) is 6.31. The van der Waals surface area contributed by atoms with Crippen LogP contribution in [0.3, 0.4) is 0 Å². The molecule has 2 aromatic carbocycles. The number of ether oxygens (including phenoxy) is 2. The number of amides is 1. The second kappa shape index (κ2) is 8.92. The van der Waals surface area contributed by atoms with E-state index in [1.54, 1.807) is 7.11 Å². The molecule has 1 atom stereocenters. The molecule has 2 aromatic rings. The molecule has 1 unspecified atom stereocenters. The van der Waals surface area contributed by atoms with Gasteiger partial charge >= 0.3 is 0 Å². The minimum Gasteiger partial charge on any atom is -0.497 e. The molecule has 0 saturated carbocycles. The predicted molar refractivity (Wildman–Crippen MR) is 96.8 cm³/mol. The van der Waals surface area contributed by atoms with Crippen molar-refractivity contribution in [2.45, 2.75) is 6.04 Å². The maximum atomic E-state index is 13.4. The van der Waals surface area contributed by atoms with Crippen LogP contribution in [-0.2, 0) is 4.74 Å². The third kappa shape index (κ3) is 5.02. The van der Waals surface area contributed by atoms with Crippen LogP contribution in [0.25, 0.3) is 0 Å². The molecule has 0 spiro atoms. The Morgan fingerprint density at radius 1 is 1.15 bits per heavy atom. The zero-order valence-corrected chi connectivity index (χ0v) is 15.1. The minimum atomic E-state index is -0.778. The Morgan fingerprint density at radius 2 is 1.78 bits per heavy atom. The molecule has 144 valence electrons. The summed E-state index contributed by atoms with van der Waals surface area (Å²) in [6.07, 6.45) is 0. The summed E-state index contributed by atoms with van der Waals surface area (Å²) in [5.41, 5.74) is 0.978. The number of halogens is 2. The smallest absolute Gasteiger partial charge is 0.251 e. The van der Waals surface area contributed by atoms with Crippen molar-refractivity contribution in [3.8, 4) is 5.75 Å². The molecule has 3 rings (SSSR count). The summed E-state index contributed by atoms with van der Waals surface area (Å²) in [5, 5.41) is 2.79. The van der Waals surface area contributed by atoms with E-state index in [1.807, 2.05) is 24.3 Å². The van der Waals surface area contributed by atoms with Gasteiger partial charge in [0.25, 0.3) is 5.91 Å². The molecule has 1 fully saturated rings. The molecule has 0 radical (unpaired) electrons. The van der Waals surface area contributed by atoms with Crippen molar-refractivity contribution in [3.05, 3.63) is 65.2 Å². The molecular formula is C20H22F2N2O3. The van der Waals surface area contributed by atoms with Crippen LogP contribution in [0.4, 0.5) is 8.78 Å². The summed E-state index contributed by atoms with van der Waals surface area (Å²) in [7, 11) is 1.60. The van der Waals surface area contributed by atoms with Gasteiger partial charge in [-0.25, -0.2) is 8.78 Å². The van der Waals surface area contributed by atoms with Crippen LogP contribution in [0.15, 0.2) is 42.5 Å². The van der Waals surface area contributed by atoms with Gasteiger partial charge < -0.3 is 14.8 Å². The van der Waals surface area contributed by atoms with E-state index in [0.717, 1.165) is 42.6 Å². The Kier molecular flexibility index (Phi) is 6.36. The fraction of sp³-hybridized carbons (Fsp3) is 0.350. The number of benzene rings is 2. The summed E-state index contributed by atoms with van der Waals surface area (Å²) in [4.78, 5) is 14.6. The lowest BCUT2D eigenvalue weighted by Crippen LogP contribution is -2.43. The normalized spacial score (nSPS) is 16.0. The molecule has 0 aliphatic carbocycles. The predicted octanol–water partition coefficient (Wildman–Crippen LogP) is 2.78. The van der Waals surface area contributed by atoms with Gasteiger partial charge in [0, 0.05) is 31.3 Å². The molecule has 1 aliphatic heterocycles. The monoisotopic (exact) mass is 376 g/mol. The topological polar surface area (TPSA) is 50.8 Å². The van der Waals surface area contributed by atoms with Crippen molar-refractivity contribution in [2.24, 2.45) is 0 Å². The Balaban J connectivity index is 1.75. The van der Waals surface area contributed by atoms with Gasteiger partial charge in [-0.05, 0) is 29.8 Å². The van der Waals surface area contributed by atoms with Gasteiger partial charge in [0.15, 0.2) is 0 Å². The Bertz CT molecular complexity index is 757. The van der Waals surface area contributed by atoms with Crippen LogP contribution in [0.1, 0.15) is 22.0 Å². The van der Waals surface area contributed by atoms with E-state index >= 15 is 0 Å². The lowest BCUT2D eigenvalue weighted by molar-refractivity contribution is 0.0162. The lowest BCUT2D eigenvalue weighted by Gasteiger charge is -2.35. The molecule has 1 saturated heterocycles. The first-order valence-corrected chi connectivity index (χ1v) is 8.77. The highest BCUT2D eigenvalue weighted by Crippen LogP contribution is 2.24. The SMILES string of the molecule is COc1ccc(C(CNC(=O)c2cc(F)cc(F)c2)N2CCOCC2)cc1. The number of morpholine rings is 1. The molecule has 0 bridgehead atoms. The number of hydrogen-bond acceptors (Lipinski definition) is 4. The Hall–Kier alpha value is -2.51. The van der Waals surface area contributed by atoms with Crippen LogP contribution in [-0.4, -0.2) is 50.8 Å². The molecule has 1 heterocycles. The summed E-state index contributed by atoms with van der Waals surface area (Å²) in [5.74, 6) is -1.32. The third-order valence-corrected chi connectivity index (χ3v) is 4.57. The third-order valence-electron chi connectivity index (χ3n) is 4.57. The van der Waals surface area contributed by atoms with E-state index in [1.165, 1.54) is 0 Å². The van der Waals surface area contributed by atoms with Crippen molar-refractivity contribution in [1.82, 2.24) is 10.2 Å². The quantitative estimate of drug-likeness (QED) is 0.842. The summed E-state index contributed by atoms with van der Waals surface area (Å²) in [6, 6.07) is 10.3. The first-order valence-electron chi connectivity index (χ1n) is 8.77. The van der Waals surface area contributed by atoms with Gasteiger partial charge in [-0.2, -0.15) is 0 Å². The van der Waals surface area contributed by atoms with Crippen LogP contribution in [0.2, 0.25) is 0 Å². The van der Waals surface area contributed by atoms with E-state index in [-0.39, 0.29) is 11.6 Å². The van der Waals surface area contributed by atoms with Crippen LogP contribution in [0, 0.1) is 11.6 Å². The number of nitrogens with zero attached hydrogens (tertiary/aromatic N) is 1. The second-order valence-corrected chi connectivity index (χ2v) is 6.31. The zero-order valence-electron chi connectivity index (χ0n) is 15.1. The summed E-state index contributed by atoms with van der Waals surface area (Å²) < 4.78 is 37.3. The molecule has 1 aliphatic rings. The van der Waals surface area contributed by atoms with Crippen LogP contribution < -0.4 is 10.1 Å². The molecule has 7 heteroatoms. The van der Waals surface area contributed by atoms with Crippen molar-refractivity contribution < 1.29 is 23.0 Å². The fourth-order valence-electron chi connectivity index (χ4n) is 3.15. The maximum Gasteiger partial charge on any atom is 0.251 e. The molecule has 5 nitrogen and oxygen atoms in total. The number of methoxy groups -OCH3 is 1. The van der Waals surface area contributed by atoms with E-state index in [4.69, 9.17) is 9.47 Å². The van der Waals surface area contributed by atoms with E-state index < -0.39 is 17.5 Å². The highest BCUT2D eigenvalue weighted by Gasteiger charge is 2.23. The van der Waals surface area contributed by atoms with Crippen molar-refractivity contribution in [3.63, 3.8) is 0 Å². The van der Waals surface area contributed by atoms with Crippen molar-refractivity contribution in [1.29, 1.82) is 0 Å². The van der Waals surface area contributed by atoms with Crippen molar-refractivity contribution in [2.75, 3.05) is 40.0 Å². The average Bonchev–Trinajstić information content (AvgIpc) is 2.68. The Labute approximate surface area is 156 Å². The summed E-state index contributed by atoms with van der Waals surface area (Å²) in [6.45, 7) is 3.02. The lowest BCUT2D eigenvalue weighted by atomic mass is 10.0. The average molecular weight is 376 g/mol. The number of hydrogen-bond donors (Lipinski definition) is 1. The first kappa shape index (κ1) is 19.3. The molecular weight excluding hydrogens is 354 g/mol. The van der Waals surface area contributed by atoms with Gasteiger partial charge in [0.1, 0.15) is 17.4 Å². The first-order chi connectivity index (χ1) is 13.1. The van der Waals surface area contributed by atoms with Gasteiger partial charge in [-0.15, -0.1) is 0 Å². The minimum absolute atomic E-state index is 0.0389. The standard InChI is InChI=1S/C20H22F2N2O3/c1-26-18-4-2-14(3-5-18)19(24-6-8-27-9-7-24)13-23-20(25)15-10-16(21)12-17(22)11-15/h2-5,10-12,19H,6-9,13H2,1H3,(H,23,25). The van der Waals surface area contributed by atoms with Gasteiger partial charge in [0.05, 0.1) is 26.4 Å². The maximum absolute atomic E-state index is 13.4. The van der Waals surface area contributed by atoms with Gasteiger partial charge in [-0.1, -0.05) is 12.1 Å². The fourth-order valence-corrected chi connectivity index (χ4v) is 3.15. The zero-order chi connectivity index (χ0) is 19.2. The van der Waals surface area contributed by atoms with E-state index in [9.17, 15) is 13.6 Å². The number of nitrogens with one attached hydrogen (secondary N) is 1. The van der Waals surface area contributed by atoms with Crippen molar-refractivity contribution >= 4 is 5.91 Å². The van der Waals surface area contributed by atoms with E-state index in [0.29, 0.717) is 19.8 Å². The van der Waals surface area contributed by atoms with Gasteiger partial charge in [-0.3, -0.25) is 9.69 Å². The van der Waals surface area contributed by atoms with Crippen LogP contribution in [0.5, 0.6) is 5.75 Å². The van der Waals surface area contributed by atoms with Gasteiger partial charge in [0.2, 0.25) is 0 Å². The van der Waals surface area contributed by atoms with E-state index in [2.05, 4.69) is 10.2 Å². The summed E-state index contributed by atoms with van der Waals surface area (Å²) >= 11 is 0. The molecule has 1 amide bonds. The largest absolute Gasteiger partial charge is 0.497 e. The molecule has 27 heavy (non-hydrogen) atoms. The highest BCUT2D eigenvalue weighted by atomic mass is 19.1. The highest BCUT2D eigenvalue weighted by molar-refractivity contribution is 5.94. The Morgan fingerprint density at radius 3 is 2.37 bits per heavy atom. The number of carbonyl (C=O) groups is 1. The van der Waals surface area contributed by atoms with Crippen LogP contribution >= 0.6 is 0 Å².